The lowest BCUT2D eigenvalue weighted by Crippen LogP contribution is -2.25. The molecule has 1 heterocycles. The van der Waals surface area contributed by atoms with Crippen LogP contribution in [0.3, 0.4) is 0 Å². The first kappa shape index (κ1) is 15.1. The molecule has 1 aromatic rings. The first-order valence-corrected chi connectivity index (χ1v) is 6.20. The molecule has 1 unspecified atom stereocenters. The van der Waals surface area contributed by atoms with Gasteiger partial charge in [-0.05, 0) is 31.4 Å². The summed E-state index contributed by atoms with van der Waals surface area (Å²) in [6, 6.07) is 2.71. The predicted octanol–water partition coefficient (Wildman–Crippen LogP) is 1.06. The highest BCUT2D eigenvalue weighted by atomic mass is 16.4. The second kappa shape index (κ2) is 7.48. The van der Waals surface area contributed by atoms with E-state index in [9.17, 15) is 14.7 Å². The number of aliphatic hydroxyl groups excluding tert-OH is 1. The summed E-state index contributed by atoms with van der Waals surface area (Å²) in [6.45, 7) is 2.37. The highest BCUT2D eigenvalue weighted by molar-refractivity contribution is 5.94. The van der Waals surface area contributed by atoms with Gasteiger partial charge in [0, 0.05) is 12.7 Å². The number of amides is 1. The molecule has 1 aromatic heterocycles. The number of aromatic carboxylic acids is 1. The third-order valence-corrected chi connectivity index (χ3v) is 2.72. The number of aliphatic hydroxyl groups is 1. The molecule has 0 aromatic carbocycles. The van der Waals surface area contributed by atoms with E-state index in [4.69, 9.17) is 5.11 Å². The maximum absolute atomic E-state index is 11.7. The lowest BCUT2D eigenvalue weighted by Gasteiger charge is -2.08. The molecule has 0 bridgehead atoms. The van der Waals surface area contributed by atoms with E-state index in [0.717, 1.165) is 0 Å². The lowest BCUT2D eigenvalue weighted by molar-refractivity contribution is 0.0689. The average molecular weight is 266 g/mol. The normalized spacial score (nSPS) is 11.9. The third-order valence-electron chi connectivity index (χ3n) is 2.72. The third kappa shape index (κ3) is 5.05. The first-order chi connectivity index (χ1) is 9.04. The van der Waals surface area contributed by atoms with Gasteiger partial charge in [0.2, 0.25) is 0 Å². The number of nitrogens with zero attached hydrogens (tertiary/aromatic N) is 1. The van der Waals surface area contributed by atoms with Gasteiger partial charge in [-0.15, -0.1) is 0 Å². The minimum Gasteiger partial charge on any atom is -0.477 e. The monoisotopic (exact) mass is 266 g/mol. The summed E-state index contributed by atoms with van der Waals surface area (Å²) >= 11 is 0. The van der Waals surface area contributed by atoms with Crippen LogP contribution in [0.15, 0.2) is 18.3 Å². The summed E-state index contributed by atoms with van der Waals surface area (Å²) in [4.78, 5) is 25.9. The molecule has 0 spiro atoms. The van der Waals surface area contributed by atoms with E-state index in [1.54, 1.807) is 0 Å². The van der Waals surface area contributed by atoms with Gasteiger partial charge in [-0.1, -0.05) is 6.92 Å². The quantitative estimate of drug-likeness (QED) is 0.641. The van der Waals surface area contributed by atoms with Crippen molar-refractivity contribution in [3.05, 3.63) is 29.6 Å². The van der Waals surface area contributed by atoms with Crippen molar-refractivity contribution < 1.29 is 19.8 Å². The SMILES string of the molecule is CCC(O)CCCNC(=O)c1ccc(C(=O)O)nc1. The number of aromatic nitrogens is 1. The van der Waals surface area contributed by atoms with Gasteiger partial charge in [0.05, 0.1) is 11.7 Å². The van der Waals surface area contributed by atoms with Crippen LogP contribution in [0.25, 0.3) is 0 Å². The number of carboxylic acid groups (broad SMARTS) is 1. The molecule has 6 heteroatoms. The number of rotatable bonds is 7. The zero-order valence-corrected chi connectivity index (χ0v) is 10.8. The van der Waals surface area contributed by atoms with Gasteiger partial charge in [0.15, 0.2) is 0 Å². The molecular weight excluding hydrogens is 248 g/mol. The Labute approximate surface area is 111 Å². The van der Waals surface area contributed by atoms with Crippen LogP contribution in [0, 0.1) is 0 Å². The highest BCUT2D eigenvalue weighted by Gasteiger charge is 2.08. The number of carbonyl (C=O) groups is 2. The van der Waals surface area contributed by atoms with Crippen LogP contribution in [0.2, 0.25) is 0 Å². The molecule has 1 rings (SSSR count). The second-order valence-electron chi connectivity index (χ2n) is 4.20. The number of hydrogen-bond donors (Lipinski definition) is 3. The molecule has 0 aliphatic carbocycles. The Kier molecular flexibility index (Phi) is 5.95. The Hall–Kier alpha value is -1.95. The Morgan fingerprint density at radius 3 is 2.68 bits per heavy atom. The average Bonchev–Trinajstić information content (AvgIpc) is 2.43. The van der Waals surface area contributed by atoms with Crippen LogP contribution < -0.4 is 5.32 Å². The van der Waals surface area contributed by atoms with Gasteiger partial charge in [-0.25, -0.2) is 9.78 Å². The van der Waals surface area contributed by atoms with Crippen molar-refractivity contribution in [2.24, 2.45) is 0 Å². The highest BCUT2D eigenvalue weighted by Crippen LogP contribution is 2.02. The number of hydrogen-bond acceptors (Lipinski definition) is 4. The summed E-state index contributed by atoms with van der Waals surface area (Å²) in [5.41, 5.74) is 0.226. The zero-order chi connectivity index (χ0) is 14.3. The Morgan fingerprint density at radius 2 is 2.16 bits per heavy atom. The van der Waals surface area contributed by atoms with E-state index in [1.165, 1.54) is 18.3 Å². The van der Waals surface area contributed by atoms with Gasteiger partial charge in [0.1, 0.15) is 5.69 Å². The molecule has 0 saturated heterocycles. The number of carbonyl (C=O) groups excluding carboxylic acids is 1. The Morgan fingerprint density at radius 1 is 1.42 bits per heavy atom. The largest absolute Gasteiger partial charge is 0.477 e. The van der Waals surface area contributed by atoms with Gasteiger partial charge >= 0.3 is 5.97 Å². The molecule has 0 aliphatic rings. The van der Waals surface area contributed by atoms with Gasteiger partial charge < -0.3 is 15.5 Å². The zero-order valence-electron chi connectivity index (χ0n) is 10.8. The van der Waals surface area contributed by atoms with Crippen molar-refractivity contribution in [2.75, 3.05) is 6.54 Å². The van der Waals surface area contributed by atoms with Gasteiger partial charge in [-0.3, -0.25) is 4.79 Å². The van der Waals surface area contributed by atoms with Crippen molar-refractivity contribution in [3.8, 4) is 0 Å². The molecule has 1 atom stereocenters. The Bertz CT molecular complexity index is 431. The fraction of sp³-hybridized carbons (Fsp3) is 0.462. The van der Waals surface area contributed by atoms with E-state index in [0.29, 0.717) is 31.4 Å². The summed E-state index contributed by atoms with van der Waals surface area (Å²) < 4.78 is 0. The van der Waals surface area contributed by atoms with Crippen LogP contribution in [0.4, 0.5) is 0 Å². The molecule has 6 nitrogen and oxygen atoms in total. The molecule has 1 amide bonds. The molecule has 0 radical (unpaired) electrons. The minimum absolute atomic E-state index is 0.0948. The molecule has 0 aliphatic heterocycles. The molecular formula is C13H18N2O4. The fourth-order valence-corrected chi connectivity index (χ4v) is 1.50. The lowest BCUT2D eigenvalue weighted by atomic mass is 10.1. The molecule has 19 heavy (non-hydrogen) atoms. The molecule has 104 valence electrons. The van der Waals surface area contributed by atoms with Crippen molar-refractivity contribution in [3.63, 3.8) is 0 Å². The van der Waals surface area contributed by atoms with Gasteiger partial charge in [-0.2, -0.15) is 0 Å². The topological polar surface area (TPSA) is 99.5 Å². The van der Waals surface area contributed by atoms with Crippen molar-refractivity contribution in [1.29, 1.82) is 0 Å². The number of nitrogens with one attached hydrogen (secondary N) is 1. The molecule has 0 saturated carbocycles. The van der Waals surface area contributed by atoms with Crippen LogP contribution in [0.5, 0.6) is 0 Å². The smallest absolute Gasteiger partial charge is 0.354 e. The summed E-state index contributed by atoms with van der Waals surface area (Å²) in [7, 11) is 0. The van der Waals surface area contributed by atoms with Crippen molar-refractivity contribution >= 4 is 11.9 Å². The van der Waals surface area contributed by atoms with Crippen LogP contribution in [0.1, 0.15) is 47.0 Å². The van der Waals surface area contributed by atoms with Crippen molar-refractivity contribution in [2.45, 2.75) is 32.3 Å². The van der Waals surface area contributed by atoms with Gasteiger partial charge in [0.25, 0.3) is 5.91 Å². The summed E-state index contributed by atoms with van der Waals surface area (Å²) in [5.74, 6) is -1.42. The Balaban J connectivity index is 2.39. The molecule has 0 fully saturated rings. The first-order valence-electron chi connectivity index (χ1n) is 6.20. The van der Waals surface area contributed by atoms with E-state index in [1.807, 2.05) is 6.92 Å². The summed E-state index contributed by atoms with van der Waals surface area (Å²) in [6.07, 6.45) is 2.95. The van der Waals surface area contributed by atoms with E-state index < -0.39 is 5.97 Å². The van der Waals surface area contributed by atoms with E-state index >= 15 is 0 Å². The predicted molar refractivity (Wildman–Crippen MR) is 69.1 cm³/mol. The van der Waals surface area contributed by atoms with Crippen LogP contribution >= 0.6 is 0 Å². The number of carboxylic acids is 1. The van der Waals surface area contributed by atoms with Crippen LogP contribution in [-0.4, -0.2) is 39.7 Å². The molecule has 3 N–H and O–H groups in total. The van der Waals surface area contributed by atoms with E-state index in [2.05, 4.69) is 10.3 Å². The number of pyridine rings is 1. The second-order valence-corrected chi connectivity index (χ2v) is 4.20. The van der Waals surface area contributed by atoms with Crippen LogP contribution in [-0.2, 0) is 0 Å². The maximum Gasteiger partial charge on any atom is 0.354 e. The standard InChI is InChI=1S/C13H18N2O4/c1-2-10(16)4-3-7-14-12(17)9-5-6-11(13(18)19)15-8-9/h5-6,8,10,16H,2-4,7H2,1H3,(H,14,17)(H,18,19). The fourth-order valence-electron chi connectivity index (χ4n) is 1.50. The van der Waals surface area contributed by atoms with Crippen molar-refractivity contribution in [1.82, 2.24) is 10.3 Å². The van der Waals surface area contributed by atoms with E-state index in [-0.39, 0.29) is 17.7 Å². The minimum atomic E-state index is -1.12. The summed E-state index contributed by atoms with van der Waals surface area (Å²) in [5, 5.41) is 20.7. The maximum atomic E-state index is 11.7.